The molecule has 0 aromatic heterocycles. The number of benzene rings is 2. The zero-order valence-electron chi connectivity index (χ0n) is 18.2. The summed E-state index contributed by atoms with van der Waals surface area (Å²) in [4.78, 5) is 0. The fourth-order valence-corrected chi connectivity index (χ4v) is 3.99. The van der Waals surface area contributed by atoms with Crippen LogP contribution in [0.1, 0.15) is 99.6 Å². The van der Waals surface area contributed by atoms with E-state index in [0.717, 1.165) is 43.5 Å². The smallest absolute Gasteiger partial charge is 0.0352 e. The van der Waals surface area contributed by atoms with Crippen LogP contribution < -0.4 is 11.5 Å². The molecule has 2 rings (SSSR count). The molecule has 2 heteroatoms. The van der Waals surface area contributed by atoms with Crippen LogP contribution in [-0.4, -0.2) is 0 Å². The molecule has 0 fully saturated rings. The summed E-state index contributed by atoms with van der Waals surface area (Å²) in [5, 5.41) is 0. The molecule has 2 aromatic rings. The monoisotopic (exact) mass is 366 g/mol. The normalized spacial score (nSPS) is 11.6. The fraction of sp³-hybridized carbons (Fsp3) is 0.520. The second kappa shape index (κ2) is 9.30. The van der Waals surface area contributed by atoms with Crippen molar-refractivity contribution in [1.82, 2.24) is 0 Å². The number of hydrogen-bond acceptors (Lipinski definition) is 2. The van der Waals surface area contributed by atoms with E-state index in [1.54, 1.807) is 0 Å². The van der Waals surface area contributed by atoms with E-state index in [9.17, 15) is 0 Å². The first kappa shape index (κ1) is 21.3. The largest absolute Gasteiger partial charge is 0.398 e. The van der Waals surface area contributed by atoms with E-state index in [1.807, 2.05) is 0 Å². The quantitative estimate of drug-likeness (QED) is 0.517. The van der Waals surface area contributed by atoms with Crippen LogP contribution in [0.4, 0.5) is 11.4 Å². The van der Waals surface area contributed by atoms with Gasteiger partial charge in [0.1, 0.15) is 0 Å². The van der Waals surface area contributed by atoms with Crippen molar-refractivity contribution < 1.29 is 0 Å². The minimum Gasteiger partial charge on any atom is -0.398 e. The number of anilines is 2. The third kappa shape index (κ3) is 5.06. The highest BCUT2D eigenvalue weighted by atomic mass is 14.6. The lowest BCUT2D eigenvalue weighted by molar-refractivity contribution is 0.844. The molecule has 0 saturated heterocycles. The van der Waals surface area contributed by atoms with E-state index >= 15 is 0 Å². The molecule has 0 amide bonds. The van der Waals surface area contributed by atoms with Crippen molar-refractivity contribution >= 4 is 11.4 Å². The molecule has 0 spiro atoms. The zero-order valence-corrected chi connectivity index (χ0v) is 18.2. The molecule has 0 aliphatic rings. The van der Waals surface area contributed by atoms with E-state index in [4.69, 9.17) is 11.5 Å². The van der Waals surface area contributed by atoms with Crippen LogP contribution in [0.5, 0.6) is 0 Å². The predicted molar refractivity (Wildman–Crippen MR) is 121 cm³/mol. The molecule has 0 atom stereocenters. The summed E-state index contributed by atoms with van der Waals surface area (Å²) >= 11 is 0. The number of nitrogen functional groups attached to an aromatic ring is 2. The Bertz CT molecular complexity index is 707. The van der Waals surface area contributed by atoms with Gasteiger partial charge in [-0.15, -0.1) is 0 Å². The van der Waals surface area contributed by atoms with Gasteiger partial charge in [0, 0.05) is 11.4 Å². The molecular formula is C25H38N2. The van der Waals surface area contributed by atoms with Gasteiger partial charge in [-0.2, -0.15) is 0 Å². The first-order valence-electron chi connectivity index (χ1n) is 10.6. The highest BCUT2D eigenvalue weighted by molar-refractivity contribution is 5.57. The van der Waals surface area contributed by atoms with Crippen LogP contribution in [0.25, 0.3) is 0 Å². The van der Waals surface area contributed by atoms with Crippen molar-refractivity contribution in [3.8, 4) is 0 Å². The average molecular weight is 367 g/mol. The van der Waals surface area contributed by atoms with Crippen molar-refractivity contribution in [2.75, 3.05) is 11.5 Å². The van der Waals surface area contributed by atoms with E-state index in [1.165, 1.54) is 33.4 Å². The lowest BCUT2D eigenvalue weighted by atomic mass is 9.87. The van der Waals surface area contributed by atoms with Crippen molar-refractivity contribution in [2.24, 2.45) is 0 Å². The SMILES string of the molecule is CCCc1cc(N)c(C(C)C)cc1Cc1cc(C(C)C)c(N)cc1CCC. The van der Waals surface area contributed by atoms with Crippen LogP contribution in [0.15, 0.2) is 24.3 Å². The maximum atomic E-state index is 6.36. The van der Waals surface area contributed by atoms with Crippen molar-refractivity contribution in [3.63, 3.8) is 0 Å². The summed E-state index contributed by atoms with van der Waals surface area (Å²) in [5.41, 5.74) is 22.8. The van der Waals surface area contributed by atoms with Gasteiger partial charge in [-0.1, -0.05) is 66.5 Å². The molecule has 2 aromatic carbocycles. The highest BCUT2D eigenvalue weighted by Crippen LogP contribution is 2.32. The molecule has 0 bridgehead atoms. The third-order valence-corrected chi connectivity index (χ3v) is 5.47. The molecule has 0 heterocycles. The Labute approximate surface area is 166 Å². The first-order chi connectivity index (χ1) is 12.8. The van der Waals surface area contributed by atoms with E-state index < -0.39 is 0 Å². The molecule has 0 aliphatic heterocycles. The van der Waals surface area contributed by atoms with Gasteiger partial charge in [0.2, 0.25) is 0 Å². The maximum absolute atomic E-state index is 6.36. The maximum Gasteiger partial charge on any atom is 0.0352 e. The Morgan fingerprint density at radius 1 is 0.630 bits per heavy atom. The number of hydrogen-bond donors (Lipinski definition) is 2. The summed E-state index contributed by atoms with van der Waals surface area (Å²) in [6.07, 6.45) is 5.38. The Morgan fingerprint density at radius 3 is 1.30 bits per heavy atom. The van der Waals surface area contributed by atoms with Crippen LogP contribution in [-0.2, 0) is 19.3 Å². The lowest BCUT2D eigenvalue weighted by Gasteiger charge is -2.20. The van der Waals surface area contributed by atoms with Crippen molar-refractivity contribution in [2.45, 2.75) is 85.5 Å². The first-order valence-corrected chi connectivity index (χ1v) is 10.6. The average Bonchev–Trinajstić information content (AvgIpc) is 2.58. The zero-order chi connectivity index (χ0) is 20.1. The summed E-state index contributed by atoms with van der Waals surface area (Å²) < 4.78 is 0. The fourth-order valence-electron chi connectivity index (χ4n) is 3.99. The number of rotatable bonds is 8. The molecule has 2 nitrogen and oxygen atoms in total. The molecule has 4 N–H and O–H groups in total. The standard InChI is InChI=1S/C25H38N2/c1-7-9-18-14-24(26)22(16(3)4)12-20(18)11-21-13-23(17(5)6)25(27)15-19(21)10-8-2/h12-17H,7-11,26-27H2,1-6H3. The molecule has 0 aliphatic carbocycles. The number of aryl methyl sites for hydroxylation is 2. The van der Waals surface area contributed by atoms with Crippen molar-refractivity contribution in [1.29, 1.82) is 0 Å². The topological polar surface area (TPSA) is 52.0 Å². The summed E-state index contributed by atoms with van der Waals surface area (Å²) in [6, 6.07) is 9.14. The minimum atomic E-state index is 0.437. The molecule has 0 unspecified atom stereocenters. The molecular weight excluding hydrogens is 328 g/mol. The van der Waals surface area contributed by atoms with Gasteiger partial charge in [0.25, 0.3) is 0 Å². The van der Waals surface area contributed by atoms with Gasteiger partial charge >= 0.3 is 0 Å². The van der Waals surface area contributed by atoms with Gasteiger partial charge in [0.15, 0.2) is 0 Å². The molecule has 27 heavy (non-hydrogen) atoms. The Morgan fingerprint density at radius 2 is 1.00 bits per heavy atom. The third-order valence-electron chi connectivity index (χ3n) is 5.47. The van der Waals surface area contributed by atoms with Crippen molar-refractivity contribution in [3.05, 3.63) is 57.6 Å². The summed E-state index contributed by atoms with van der Waals surface area (Å²) in [7, 11) is 0. The Kier molecular flexibility index (Phi) is 7.35. The van der Waals surface area contributed by atoms with Gasteiger partial charge in [-0.05, 0) is 76.6 Å². The molecule has 0 radical (unpaired) electrons. The summed E-state index contributed by atoms with van der Waals surface area (Å²) in [6.45, 7) is 13.3. The van der Waals surface area contributed by atoms with E-state index in [-0.39, 0.29) is 0 Å². The van der Waals surface area contributed by atoms with Gasteiger partial charge in [-0.3, -0.25) is 0 Å². The summed E-state index contributed by atoms with van der Waals surface area (Å²) in [5.74, 6) is 0.874. The minimum absolute atomic E-state index is 0.437. The lowest BCUT2D eigenvalue weighted by Crippen LogP contribution is -2.07. The van der Waals surface area contributed by atoms with Crippen LogP contribution in [0.3, 0.4) is 0 Å². The Hall–Kier alpha value is -1.96. The second-order valence-corrected chi connectivity index (χ2v) is 8.49. The second-order valence-electron chi connectivity index (χ2n) is 8.49. The predicted octanol–water partition coefficient (Wildman–Crippen LogP) is 6.59. The highest BCUT2D eigenvalue weighted by Gasteiger charge is 2.15. The van der Waals surface area contributed by atoms with E-state index in [0.29, 0.717) is 11.8 Å². The van der Waals surface area contributed by atoms with Gasteiger partial charge in [-0.25, -0.2) is 0 Å². The van der Waals surface area contributed by atoms with Crippen LogP contribution in [0.2, 0.25) is 0 Å². The van der Waals surface area contributed by atoms with Crippen LogP contribution >= 0.6 is 0 Å². The molecule has 148 valence electrons. The Balaban J connectivity index is 2.57. The molecule has 0 saturated carbocycles. The van der Waals surface area contributed by atoms with Gasteiger partial charge < -0.3 is 11.5 Å². The van der Waals surface area contributed by atoms with Gasteiger partial charge in [0.05, 0.1) is 0 Å². The number of nitrogens with two attached hydrogens (primary N) is 2. The van der Waals surface area contributed by atoms with E-state index in [2.05, 4.69) is 65.8 Å². The van der Waals surface area contributed by atoms with Crippen LogP contribution in [0, 0.1) is 0 Å².